The maximum absolute atomic E-state index is 13.4. The zero-order valence-electron chi connectivity index (χ0n) is 19.5. The van der Waals surface area contributed by atoms with Gasteiger partial charge in [-0.25, -0.2) is 0 Å². The fourth-order valence-corrected chi connectivity index (χ4v) is 4.71. The van der Waals surface area contributed by atoms with E-state index < -0.39 is 17.7 Å². The van der Waals surface area contributed by atoms with Crippen molar-refractivity contribution < 1.29 is 19.5 Å². The third-order valence-electron chi connectivity index (χ3n) is 5.76. The van der Waals surface area contributed by atoms with Crippen LogP contribution in [-0.4, -0.2) is 22.7 Å². The molecule has 2 heterocycles. The van der Waals surface area contributed by atoms with Crippen LogP contribution in [0.25, 0.3) is 0 Å². The van der Waals surface area contributed by atoms with E-state index in [0.717, 1.165) is 11.1 Å². The molecular formula is C27H26N2O4S. The first-order valence-corrected chi connectivity index (χ1v) is 11.8. The van der Waals surface area contributed by atoms with Gasteiger partial charge in [0.2, 0.25) is 11.7 Å². The molecule has 0 spiro atoms. The number of amides is 2. The number of ketones is 1. The maximum atomic E-state index is 13.4. The maximum Gasteiger partial charge on any atom is 0.294 e. The molecule has 0 fully saturated rings. The lowest BCUT2D eigenvalue weighted by Gasteiger charge is -2.28. The minimum Gasteiger partial charge on any atom is -0.503 e. The second-order valence-electron chi connectivity index (χ2n) is 9.25. The monoisotopic (exact) mass is 474 g/mol. The Morgan fingerprint density at radius 2 is 1.65 bits per heavy atom. The zero-order chi connectivity index (χ0) is 24.6. The lowest BCUT2D eigenvalue weighted by Crippen LogP contribution is -2.31. The summed E-state index contributed by atoms with van der Waals surface area (Å²) in [5.41, 5.74) is 2.92. The number of hydrogen-bond acceptors (Lipinski definition) is 5. The summed E-state index contributed by atoms with van der Waals surface area (Å²) in [5, 5.41) is 15.3. The number of thiophene rings is 1. The number of hydrogen-bond donors (Lipinski definition) is 2. The van der Waals surface area contributed by atoms with Crippen LogP contribution in [0, 0.1) is 0 Å². The Hall–Kier alpha value is -3.71. The van der Waals surface area contributed by atoms with Gasteiger partial charge in [0.15, 0.2) is 5.76 Å². The number of carbonyl (C=O) groups excluding carboxylic acids is 3. The second kappa shape index (κ2) is 8.91. The first-order chi connectivity index (χ1) is 16.1. The van der Waals surface area contributed by atoms with Crippen LogP contribution in [0.5, 0.6) is 0 Å². The summed E-state index contributed by atoms with van der Waals surface area (Å²) >= 11 is 1.26. The predicted molar refractivity (Wildman–Crippen MR) is 134 cm³/mol. The quantitative estimate of drug-likeness (QED) is 0.459. The van der Waals surface area contributed by atoms with Crippen LogP contribution < -0.4 is 10.2 Å². The Balaban J connectivity index is 1.81. The highest BCUT2D eigenvalue weighted by Gasteiger charge is 2.44. The van der Waals surface area contributed by atoms with E-state index in [1.54, 1.807) is 41.8 Å². The lowest BCUT2D eigenvalue weighted by atomic mass is 9.85. The summed E-state index contributed by atoms with van der Waals surface area (Å²) in [6.07, 6.45) is 0. The van der Waals surface area contributed by atoms with Crippen LogP contribution in [0.1, 0.15) is 54.5 Å². The summed E-state index contributed by atoms with van der Waals surface area (Å²) in [4.78, 5) is 39.9. The average Bonchev–Trinajstić information content (AvgIpc) is 3.41. The van der Waals surface area contributed by atoms with Gasteiger partial charge in [-0.2, -0.15) is 0 Å². The van der Waals surface area contributed by atoms with Gasteiger partial charge >= 0.3 is 0 Å². The Kier molecular flexibility index (Phi) is 6.15. The summed E-state index contributed by atoms with van der Waals surface area (Å²) in [6, 6.07) is 17.2. The van der Waals surface area contributed by atoms with E-state index in [0.29, 0.717) is 16.3 Å². The van der Waals surface area contributed by atoms with Crippen LogP contribution in [0.3, 0.4) is 0 Å². The van der Waals surface area contributed by atoms with E-state index in [1.807, 2.05) is 24.3 Å². The largest absolute Gasteiger partial charge is 0.503 e. The SMILES string of the molecule is CC(=O)Nc1ccc(N2C(=O)C(O)=C(C(=O)c3cccs3)C2c2ccc(C(C)(C)C)cc2)cc1. The van der Waals surface area contributed by atoms with Gasteiger partial charge in [0.25, 0.3) is 5.91 Å². The smallest absolute Gasteiger partial charge is 0.294 e. The molecule has 2 amide bonds. The molecule has 4 rings (SSSR count). The van der Waals surface area contributed by atoms with Crippen molar-refractivity contribution in [3.05, 3.63) is 93.4 Å². The van der Waals surface area contributed by atoms with Crippen LogP contribution in [0.15, 0.2) is 77.4 Å². The molecule has 1 atom stereocenters. The first kappa shape index (κ1) is 23.4. The molecule has 0 saturated carbocycles. The van der Waals surface area contributed by atoms with Crippen molar-refractivity contribution in [2.75, 3.05) is 10.2 Å². The van der Waals surface area contributed by atoms with Gasteiger partial charge in [0, 0.05) is 18.3 Å². The molecule has 1 aliphatic rings. The van der Waals surface area contributed by atoms with Crippen molar-refractivity contribution in [2.24, 2.45) is 0 Å². The lowest BCUT2D eigenvalue weighted by molar-refractivity contribution is -0.117. The number of aliphatic hydroxyl groups excluding tert-OH is 1. The van der Waals surface area contributed by atoms with E-state index in [4.69, 9.17) is 0 Å². The predicted octanol–water partition coefficient (Wildman–Crippen LogP) is 5.79. The number of anilines is 2. The van der Waals surface area contributed by atoms with E-state index in [-0.39, 0.29) is 22.7 Å². The number of nitrogens with one attached hydrogen (secondary N) is 1. The number of nitrogens with zero attached hydrogens (tertiary/aromatic N) is 1. The van der Waals surface area contributed by atoms with Crippen molar-refractivity contribution in [1.29, 1.82) is 0 Å². The molecule has 0 bridgehead atoms. The minimum absolute atomic E-state index is 0.0573. The molecule has 34 heavy (non-hydrogen) atoms. The molecule has 1 aliphatic heterocycles. The molecule has 1 aromatic heterocycles. The van der Waals surface area contributed by atoms with Gasteiger partial charge in [-0.15, -0.1) is 11.3 Å². The third-order valence-corrected chi connectivity index (χ3v) is 6.62. The molecule has 3 aromatic rings. The second-order valence-corrected chi connectivity index (χ2v) is 10.2. The van der Waals surface area contributed by atoms with Crippen LogP contribution in [0.2, 0.25) is 0 Å². The molecule has 0 aliphatic carbocycles. The van der Waals surface area contributed by atoms with Gasteiger partial charge in [-0.05, 0) is 52.3 Å². The van der Waals surface area contributed by atoms with Gasteiger partial charge in [-0.3, -0.25) is 19.3 Å². The van der Waals surface area contributed by atoms with E-state index in [1.165, 1.54) is 23.2 Å². The van der Waals surface area contributed by atoms with Crippen molar-refractivity contribution in [1.82, 2.24) is 0 Å². The molecule has 1 unspecified atom stereocenters. The summed E-state index contributed by atoms with van der Waals surface area (Å²) in [5.74, 6) is -1.76. The highest BCUT2D eigenvalue weighted by atomic mass is 32.1. The van der Waals surface area contributed by atoms with Crippen LogP contribution in [-0.2, 0) is 15.0 Å². The van der Waals surface area contributed by atoms with Gasteiger partial charge in [0.1, 0.15) is 0 Å². The Morgan fingerprint density at radius 3 is 2.18 bits per heavy atom. The van der Waals surface area contributed by atoms with E-state index >= 15 is 0 Å². The number of benzene rings is 2. The Labute approximate surface area is 202 Å². The van der Waals surface area contributed by atoms with Gasteiger partial charge < -0.3 is 10.4 Å². The molecule has 2 aromatic carbocycles. The average molecular weight is 475 g/mol. The van der Waals surface area contributed by atoms with Crippen molar-refractivity contribution in [3.63, 3.8) is 0 Å². The molecule has 2 N–H and O–H groups in total. The zero-order valence-corrected chi connectivity index (χ0v) is 20.3. The highest BCUT2D eigenvalue weighted by molar-refractivity contribution is 7.12. The van der Waals surface area contributed by atoms with Gasteiger partial charge in [-0.1, -0.05) is 51.1 Å². The first-order valence-electron chi connectivity index (χ1n) is 10.9. The minimum atomic E-state index is -0.789. The number of rotatable bonds is 5. The third kappa shape index (κ3) is 4.39. The standard InChI is InChI=1S/C27H26N2O4S/c1-16(30)28-19-11-13-20(14-12-19)29-23(17-7-9-18(10-8-17)27(2,3)4)22(25(32)26(29)33)24(31)21-6-5-15-34-21/h5-15,23,32H,1-4H3,(H,28,30). The van der Waals surface area contributed by atoms with Gasteiger partial charge in [0.05, 0.1) is 16.5 Å². The van der Waals surface area contributed by atoms with Crippen molar-refractivity contribution >= 4 is 40.3 Å². The van der Waals surface area contributed by atoms with E-state index in [2.05, 4.69) is 26.1 Å². The molecule has 0 saturated heterocycles. The summed E-state index contributed by atoms with van der Waals surface area (Å²) < 4.78 is 0. The van der Waals surface area contributed by atoms with E-state index in [9.17, 15) is 19.5 Å². The number of aliphatic hydroxyl groups is 1. The fourth-order valence-electron chi connectivity index (χ4n) is 4.03. The van der Waals surface area contributed by atoms with Crippen LogP contribution in [0.4, 0.5) is 11.4 Å². The topological polar surface area (TPSA) is 86.7 Å². The van der Waals surface area contributed by atoms with Crippen molar-refractivity contribution in [2.45, 2.75) is 39.2 Å². The molecule has 0 radical (unpaired) electrons. The Bertz CT molecular complexity index is 1270. The van der Waals surface area contributed by atoms with Crippen molar-refractivity contribution in [3.8, 4) is 0 Å². The molecule has 6 nitrogen and oxygen atoms in total. The summed E-state index contributed by atoms with van der Waals surface area (Å²) in [6.45, 7) is 7.75. The molecule has 174 valence electrons. The van der Waals surface area contributed by atoms with Crippen LogP contribution >= 0.6 is 11.3 Å². The Morgan fingerprint density at radius 1 is 1.00 bits per heavy atom. The highest BCUT2D eigenvalue weighted by Crippen LogP contribution is 2.43. The number of carbonyl (C=O) groups is 3. The fraction of sp³-hybridized carbons (Fsp3) is 0.222. The normalized spacial score (nSPS) is 16.2. The molecule has 7 heteroatoms. The number of Topliss-reactive ketones (excluding diaryl/α,β-unsaturated/α-hetero) is 1. The summed E-state index contributed by atoms with van der Waals surface area (Å²) in [7, 11) is 0. The molecular weight excluding hydrogens is 448 g/mol.